The van der Waals surface area contributed by atoms with Gasteiger partial charge in [-0.1, -0.05) is 12.1 Å². The maximum absolute atomic E-state index is 5.68. The van der Waals surface area contributed by atoms with Crippen molar-refractivity contribution < 1.29 is 9.47 Å². The Morgan fingerprint density at radius 1 is 1.50 bits per heavy atom. The first kappa shape index (κ1) is 13.3. The Balaban J connectivity index is 2.08. The van der Waals surface area contributed by atoms with Crippen LogP contribution in [0, 0.1) is 0 Å². The lowest BCUT2D eigenvalue weighted by Gasteiger charge is -2.33. The van der Waals surface area contributed by atoms with Gasteiger partial charge in [-0.15, -0.1) is 0 Å². The van der Waals surface area contributed by atoms with Crippen LogP contribution in [0.5, 0.6) is 5.75 Å². The molecule has 2 rings (SSSR count). The molecule has 0 radical (unpaired) electrons. The number of rotatable bonds is 4. The molecule has 1 heterocycles. The molecule has 0 aromatic heterocycles. The Bertz CT molecular complexity index is 395. The van der Waals surface area contributed by atoms with Crippen molar-refractivity contribution in [2.75, 3.05) is 26.9 Å². The number of hydrogen-bond donors (Lipinski definition) is 1. The van der Waals surface area contributed by atoms with Crippen molar-refractivity contribution >= 4 is 0 Å². The van der Waals surface area contributed by atoms with Crippen molar-refractivity contribution in [3.8, 4) is 5.75 Å². The number of morpholine rings is 1. The van der Waals surface area contributed by atoms with Gasteiger partial charge in [-0.3, -0.25) is 4.90 Å². The van der Waals surface area contributed by atoms with Crippen LogP contribution in [0.25, 0.3) is 0 Å². The zero-order chi connectivity index (χ0) is 13.0. The summed E-state index contributed by atoms with van der Waals surface area (Å²) < 4.78 is 10.8. The predicted molar refractivity (Wildman–Crippen MR) is 71.6 cm³/mol. The molecule has 0 amide bonds. The second-order valence-corrected chi connectivity index (χ2v) is 4.74. The molecule has 0 saturated carbocycles. The molecule has 1 fully saturated rings. The Kier molecular flexibility index (Phi) is 4.58. The summed E-state index contributed by atoms with van der Waals surface area (Å²) in [6, 6.07) is 6.75. The van der Waals surface area contributed by atoms with Crippen LogP contribution in [0.1, 0.15) is 18.1 Å². The van der Waals surface area contributed by atoms with E-state index in [9.17, 15) is 0 Å². The normalized spacial score (nSPS) is 20.9. The second-order valence-electron chi connectivity index (χ2n) is 4.74. The summed E-state index contributed by atoms with van der Waals surface area (Å²) in [6.45, 7) is 6.27. The summed E-state index contributed by atoms with van der Waals surface area (Å²) >= 11 is 0. The van der Waals surface area contributed by atoms with Crippen molar-refractivity contribution in [2.24, 2.45) is 5.73 Å². The minimum atomic E-state index is 0.471. The molecule has 1 unspecified atom stereocenters. The van der Waals surface area contributed by atoms with E-state index < -0.39 is 0 Å². The predicted octanol–water partition coefficient (Wildman–Crippen LogP) is 1.37. The van der Waals surface area contributed by atoms with Crippen LogP contribution in [-0.4, -0.2) is 37.8 Å². The van der Waals surface area contributed by atoms with Crippen LogP contribution in [0.15, 0.2) is 18.2 Å². The fourth-order valence-electron chi connectivity index (χ4n) is 2.29. The fourth-order valence-corrected chi connectivity index (χ4v) is 2.29. The van der Waals surface area contributed by atoms with Gasteiger partial charge in [0.25, 0.3) is 0 Å². The molecule has 18 heavy (non-hydrogen) atoms. The molecular formula is C14H22N2O2. The molecular weight excluding hydrogens is 228 g/mol. The van der Waals surface area contributed by atoms with Crippen LogP contribution >= 0.6 is 0 Å². The standard InChI is InChI=1S/C14H22N2O2/c1-11-10-18-6-5-16(11)9-12-3-4-13(8-15)14(7-12)17-2/h3-4,7,11H,5-6,8-10,15H2,1-2H3. The molecule has 0 spiro atoms. The Hall–Kier alpha value is -1.10. The number of hydrogen-bond acceptors (Lipinski definition) is 4. The minimum absolute atomic E-state index is 0.471. The van der Waals surface area contributed by atoms with E-state index in [0.717, 1.165) is 37.6 Å². The van der Waals surface area contributed by atoms with E-state index in [2.05, 4.69) is 30.0 Å². The molecule has 1 aromatic carbocycles. The third-order valence-electron chi connectivity index (χ3n) is 3.46. The number of methoxy groups -OCH3 is 1. The molecule has 1 aromatic rings. The van der Waals surface area contributed by atoms with Crippen molar-refractivity contribution in [1.82, 2.24) is 4.90 Å². The van der Waals surface area contributed by atoms with Crippen LogP contribution in [0.3, 0.4) is 0 Å². The SMILES string of the molecule is COc1cc(CN2CCOCC2C)ccc1CN. The van der Waals surface area contributed by atoms with E-state index in [1.54, 1.807) is 7.11 Å². The highest BCUT2D eigenvalue weighted by atomic mass is 16.5. The zero-order valence-electron chi connectivity index (χ0n) is 11.2. The average Bonchev–Trinajstić information content (AvgIpc) is 2.41. The Labute approximate surface area is 109 Å². The smallest absolute Gasteiger partial charge is 0.123 e. The largest absolute Gasteiger partial charge is 0.496 e. The zero-order valence-corrected chi connectivity index (χ0v) is 11.2. The first-order valence-electron chi connectivity index (χ1n) is 6.42. The first-order chi connectivity index (χ1) is 8.74. The van der Waals surface area contributed by atoms with Crippen LogP contribution in [-0.2, 0) is 17.8 Å². The molecule has 4 heteroatoms. The minimum Gasteiger partial charge on any atom is -0.496 e. The topological polar surface area (TPSA) is 47.7 Å². The summed E-state index contributed by atoms with van der Waals surface area (Å²) in [7, 11) is 1.69. The molecule has 1 aliphatic heterocycles. The average molecular weight is 250 g/mol. The summed E-state index contributed by atoms with van der Waals surface area (Å²) in [5.74, 6) is 0.885. The van der Waals surface area contributed by atoms with Gasteiger partial charge in [-0.2, -0.15) is 0 Å². The van der Waals surface area contributed by atoms with Gasteiger partial charge in [0.2, 0.25) is 0 Å². The monoisotopic (exact) mass is 250 g/mol. The summed E-state index contributed by atoms with van der Waals surface area (Å²) in [5, 5.41) is 0. The van der Waals surface area contributed by atoms with Crippen molar-refractivity contribution in [2.45, 2.75) is 26.1 Å². The van der Waals surface area contributed by atoms with Gasteiger partial charge < -0.3 is 15.2 Å². The fraction of sp³-hybridized carbons (Fsp3) is 0.571. The van der Waals surface area contributed by atoms with E-state index in [1.807, 2.05) is 0 Å². The lowest BCUT2D eigenvalue weighted by molar-refractivity contribution is -0.00439. The van der Waals surface area contributed by atoms with Crippen LogP contribution in [0.4, 0.5) is 0 Å². The third-order valence-corrected chi connectivity index (χ3v) is 3.46. The van der Waals surface area contributed by atoms with Gasteiger partial charge in [0.1, 0.15) is 5.75 Å². The van der Waals surface area contributed by atoms with E-state index in [1.165, 1.54) is 5.56 Å². The van der Waals surface area contributed by atoms with Gasteiger partial charge in [-0.25, -0.2) is 0 Å². The van der Waals surface area contributed by atoms with Crippen molar-refractivity contribution in [1.29, 1.82) is 0 Å². The molecule has 1 atom stereocenters. The highest BCUT2D eigenvalue weighted by Gasteiger charge is 2.18. The molecule has 1 aliphatic rings. The highest BCUT2D eigenvalue weighted by Crippen LogP contribution is 2.21. The third kappa shape index (κ3) is 3.02. The lowest BCUT2D eigenvalue weighted by Crippen LogP contribution is -2.42. The first-order valence-corrected chi connectivity index (χ1v) is 6.42. The quantitative estimate of drug-likeness (QED) is 0.877. The van der Waals surface area contributed by atoms with Gasteiger partial charge >= 0.3 is 0 Å². The van der Waals surface area contributed by atoms with Gasteiger partial charge in [0.05, 0.1) is 20.3 Å². The van der Waals surface area contributed by atoms with E-state index in [0.29, 0.717) is 12.6 Å². The number of nitrogens with zero attached hydrogens (tertiary/aromatic N) is 1. The molecule has 100 valence electrons. The maximum Gasteiger partial charge on any atom is 0.123 e. The van der Waals surface area contributed by atoms with E-state index in [-0.39, 0.29) is 0 Å². The number of ether oxygens (including phenoxy) is 2. The van der Waals surface area contributed by atoms with Crippen molar-refractivity contribution in [3.63, 3.8) is 0 Å². The van der Waals surface area contributed by atoms with Gasteiger partial charge in [0.15, 0.2) is 0 Å². The summed E-state index contributed by atoms with van der Waals surface area (Å²) in [4.78, 5) is 2.43. The molecule has 4 nitrogen and oxygen atoms in total. The number of nitrogens with two attached hydrogens (primary N) is 1. The number of benzene rings is 1. The molecule has 0 bridgehead atoms. The van der Waals surface area contributed by atoms with Crippen molar-refractivity contribution in [3.05, 3.63) is 29.3 Å². The molecule has 0 aliphatic carbocycles. The van der Waals surface area contributed by atoms with Gasteiger partial charge in [-0.05, 0) is 18.6 Å². The Morgan fingerprint density at radius 2 is 2.33 bits per heavy atom. The van der Waals surface area contributed by atoms with Crippen LogP contribution in [0.2, 0.25) is 0 Å². The molecule has 1 saturated heterocycles. The van der Waals surface area contributed by atoms with Gasteiger partial charge in [0, 0.05) is 31.2 Å². The summed E-state index contributed by atoms with van der Waals surface area (Å²) in [5.41, 5.74) is 7.99. The molecule has 2 N–H and O–H groups in total. The van der Waals surface area contributed by atoms with E-state index in [4.69, 9.17) is 15.2 Å². The Morgan fingerprint density at radius 3 is 3.00 bits per heavy atom. The highest BCUT2D eigenvalue weighted by molar-refractivity contribution is 5.37. The van der Waals surface area contributed by atoms with Crippen LogP contribution < -0.4 is 10.5 Å². The maximum atomic E-state index is 5.68. The lowest BCUT2D eigenvalue weighted by atomic mass is 10.1. The van der Waals surface area contributed by atoms with E-state index >= 15 is 0 Å². The second kappa shape index (κ2) is 6.18. The summed E-state index contributed by atoms with van der Waals surface area (Å²) in [6.07, 6.45) is 0.